The smallest absolute Gasteiger partial charge is 0.250 e. The second-order valence-corrected chi connectivity index (χ2v) is 4.58. The van der Waals surface area contributed by atoms with Crippen LogP contribution in [0.5, 0.6) is 0 Å². The summed E-state index contributed by atoms with van der Waals surface area (Å²) in [4.78, 5) is 15.9. The van der Waals surface area contributed by atoms with Crippen molar-refractivity contribution in [1.29, 1.82) is 0 Å². The molecule has 2 rings (SSSR count). The average molecular weight is 285 g/mol. The Morgan fingerprint density at radius 1 is 1.24 bits per heavy atom. The molecular formula is C16H19N3O2. The Kier molecular flexibility index (Phi) is 5.87. The molecule has 1 heterocycles. The van der Waals surface area contributed by atoms with Crippen LogP contribution in [0.3, 0.4) is 0 Å². The minimum Gasteiger partial charge on any atom is -0.371 e. The Hall–Kier alpha value is -2.24. The lowest BCUT2D eigenvalue weighted by atomic mass is 10.2. The third kappa shape index (κ3) is 5.33. The van der Waals surface area contributed by atoms with E-state index in [0.29, 0.717) is 19.6 Å². The van der Waals surface area contributed by atoms with E-state index in [2.05, 4.69) is 10.3 Å². The third-order valence-electron chi connectivity index (χ3n) is 2.91. The fourth-order valence-corrected chi connectivity index (χ4v) is 1.86. The van der Waals surface area contributed by atoms with Crippen LogP contribution in [-0.4, -0.2) is 24.1 Å². The Morgan fingerprint density at radius 2 is 2.14 bits per heavy atom. The van der Waals surface area contributed by atoms with Gasteiger partial charge in [0, 0.05) is 30.5 Å². The fourth-order valence-electron chi connectivity index (χ4n) is 1.86. The number of nitrogens with one attached hydrogen (secondary N) is 1. The number of hydrogen-bond donors (Lipinski definition) is 2. The van der Waals surface area contributed by atoms with E-state index in [0.717, 1.165) is 16.9 Å². The number of carbonyl (C=O) groups excluding carboxylic acids is 1. The zero-order chi connectivity index (χ0) is 14.9. The van der Waals surface area contributed by atoms with Crippen LogP contribution in [0.2, 0.25) is 0 Å². The number of nitrogens with zero attached hydrogens (tertiary/aromatic N) is 1. The summed E-state index contributed by atoms with van der Waals surface area (Å²) < 4.78 is 5.35. The molecule has 1 aromatic heterocycles. The predicted molar refractivity (Wildman–Crippen MR) is 81.7 cm³/mol. The van der Waals surface area contributed by atoms with Gasteiger partial charge >= 0.3 is 0 Å². The van der Waals surface area contributed by atoms with Gasteiger partial charge in [-0.2, -0.15) is 0 Å². The summed E-state index contributed by atoms with van der Waals surface area (Å²) in [6.07, 6.45) is 2.43. The highest BCUT2D eigenvalue weighted by Gasteiger charge is 2.03. The van der Waals surface area contributed by atoms with Crippen molar-refractivity contribution in [3.8, 4) is 0 Å². The molecule has 0 fully saturated rings. The number of anilines is 1. The number of aromatic nitrogens is 1. The predicted octanol–water partition coefficient (Wildman–Crippen LogP) is 1.74. The highest BCUT2D eigenvalue weighted by atomic mass is 16.5. The molecule has 2 aromatic rings. The molecule has 0 aliphatic heterocycles. The first-order chi connectivity index (χ1) is 10.3. The molecule has 0 aliphatic carbocycles. The van der Waals surface area contributed by atoms with Gasteiger partial charge in [-0.25, -0.2) is 0 Å². The van der Waals surface area contributed by atoms with Crippen molar-refractivity contribution < 1.29 is 9.53 Å². The van der Waals surface area contributed by atoms with Crippen molar-refractivity contribution in [3.05, 3.63) is 59.9 Å². The molecule has 1 amide bonds. The molecule has 21 heavy (non-hydrogen) atoms. The van der Waals surface area contributed by atoms with Gasteiger partial charge in [0.25, 0.3) is 0 Å². The summed E-state index contributed by atoms with van der Waals surface area (Å²) in [7, 11) is 0. The number of ether oxygens (including phenoxy) is 1. The molecule has 0 saturated heterocycles. The molecule has 5 nitrogen and oxygen atoms in total. The summed E-state index contributed by atoms with van der Waals surface area (Å²) in [6.45, 7) is 0.942. The van der Waals surface area contributed by atoms with Crippen LogP contribution in [0, 0.1) is 0 Å². The molecule has 1 aromatic carbocycles. The summed E-state index contributed by atoms with van der Waals surface area (Å²) >= 11 is 0. The number of carbonyl (C=O) groups is 1. The van der Waals surface area contributed by atoms with Gasteiger partial charge in [0.15, 0.2) is 0 Å². The van der Waals surface area contributed by atoms with Gasteiger partial charge in [0.1, 0.15) is 6.61 Å². The number of benzene rings is 1. The Morgan fingerprint density at radius 3 is 2.90 bits per heavy atom. The van der Waals surface area contributed by atoms with Gasteiger partial charge in [0.2, 0.25) is 5.91 Å². The van der Waals surface area contributed by atoms with E-state index in [9.17, 15) is 4.79 Å². The average Bonchev–Trinajstić information content (AvgIpc) is 2.53. The minimum absolute atomic E-state index is 0.0275. The fraction of sp³-hybridized carbons (Fsp3) is 0.250. The van der Waals surface area contributed by atoms with Gasteiger partial charge in [-0.05, 0) is 29.8 Å². The van der Waals surface area contributed by atoms with Crippen LogP contribution < -0.4 is 11.1 Å². The highest BCUT2D eigenvalue weighted by molar-refractivity contribution is 5.91. The summed E-state index contributed by atoms with van der Waals surface area (Å²) in [6, 6.07) is 13.2. The standard InChI is InChI=1S/C16H19N3O2/c17-11-13-4-3-6-15(10-13)19-16(20)12-21-9-7-14-5-1-2-8-18-14/h1-6,8,10H,7,9,11-12,17H2,(H,19,20). The van der Waals surface area contributed by atoms with Gasteiger partial charge in [-0.15, -0.1) is 0 Å². The van der Waals surface area contributed by atoms with Crippen molar-refractivity contribution in [1.82, 2.24) is 4.98 Å². The van der Waals surface area contributed by atoms with Gasteiger partial charge in [-0.1, -0.05) is 18.2 Å². The maximum Gasteiger partial charge on any atom is 0.250 e. The van der Waals surface area contributed by atoms with Gasteiger partial charge in [-0.3, -0.25) is 9.78 Å². The topological polar surface area (TPSA) is 77.2 Å². The lowest BCUT2D eigenvalue weighted by Crippen LogP contribution is -2.19. The van der Waals surface area contributed by atoms with Crippen molar-refractivity contribution >= 4 is 11.6 Å². The van der Waals surface area contributed by atoms with Crippen molar-refractivity contribution in [2.45, 2.75) is 13.0 Å². The first kappa shape index (κ1) is 15.2. The second-order valence-electron chi connectivity index (χ2n) is 4.58. The molecular weight excluding hydrogens is 266 g/mol. The summed E-state index contributed by atoms with van der Waals surface area (Å²) in [5, 5.41) is 2.78. The van der Waals surface area contributed by atoms with Crippen molar-refractivity contribution in [2.75, 3.05) is 18.5 Å². The van der Waals surface area contributed by atoms with Crippen LogP contribution in [0.4, 0.5) is 5.69 Å². The number of pyridine rings is 1. The van der Waals surface area contributed by atoms with Crippen molar-refractivity contribution in [3.63, 3.8) is 0 Å². The summed E-state index contributed by atoms with van der Waals surface area (Å²) in [5.74, 6) is -0.176. The quantitative estimate of drug-likeness (QED) is 0.760. The van der Waals surface area contributed by atoms with E-state index in [1.54, 1.807) is 6.20 Å². The third-order valence-corrected chi connectivity index (χ3v) is 2.91. The van der Waals surface area contributed by atoms with Crippen molar-refractivity contribution in [2.24, 2.45) is 5.73 Å². The molecule has 0 atom stereocenters. The first-order valence-corrected chi connectivity index (χ1v) is 6.84. The molecule has 0 radical (unpaired) electrons. The number of rotatable bonds is 7. The molecule has 0 bridgehead atoms. The van der Waals surface area contributed by atoms with E-state index in [4.69, 9.17) is 10.5 Å². The van der Waals surface area contributed by atoms with Crippen LogP contribution >= 0.6 is 0 Å². The Balaban J connectivity index is 1.70. The molecule has 3 N–H and O–H groups in total. The van der Waals surface area contributed by atoms with Crippen LogP contribution in [0.1, 0.15) is 11.3 Å². The minimum atomic E-state index is -0.176. The maximum atomic E-state index is 11.7. The molecule has 0 unspecified atom stereocenters. The van der Waals surface area contributed by atoms with Crippen LogP contribution in [0.15, 0.2) is 48.7 Å². The van der Waals surface area contributed by atoms with Crippen LogP contribution in [-0.2, 0) is 22.5 Å². The second kappa shape index (κ2) is 8.14. The maximum absolute atomic E-state index is 11.7. The van der Waals surface area contributed by atoms with E-state index < -0.39 is 0 Å². The lowest BCUT2D eigenvalue weighted by Gasteiger charge is -2.07. The zero-order valence-corrected chi connectivity index (χ0v) is 11.8. The molecule has 110 valence electrons. The van der Waals surface area contributed by atoms with Crippen LogP contribution in [0.25, 0.3) is 0 Å². The highest BCUT2D eigenvalue weighted by Crippen LogP contribution is 2.09. The lowest BCUT2D eigenvalue weighted by molar-refractivity contribution is -0.120. The largest absolute Gasteiger partial charge is 0.371 e. The SMILES string of the molecule is NCc1cccc(NC(=O)COCCc2ccccn2)c1. The summed E-state index contributed by atoms with van der Waals surface area (Å²) in [5.41, 5.74) is 8.22. The molecule has 0 saturated carbocycles. The zero-order valence-electron chi connectivity index (χ0n) is 11.8. The number of nitrogens with two attached hydrogens (primary N) is 1. The van der Waals surface area contributed by atoms with Gasteiger partial charge in [0.05, 0.1) is 6.61 Å². The first-order valence-electron chi connectivity index (χ1n) is 6.84. The Bertz CT molecular complexity index is 573. The van der Waals surface area contributed by atoms with E-state index >= 15 is 0 Å². The normalized spacial score (nSPS) is 10.3. The van der Waals surface area contributed by atoms with E-state index in [-0.39, 0.29) is 12.5 Å². The van der Waals surface area contributed by atoms with Gasteiger partial charge < -0.3 is 15.8 Å². The number of amides is 1. The molecule has 0 aliphatic rings. The molecule has 5 heteroatoms. The number of hydrogen-bond acceptors (Lipinski definition) is 4. The van der Waals surface area contributed by atoms with E-state index in [1.165, 1.54) is 0 Å². The Labute approximate surface area is 124 Å². The van der Waals surface area contributed by atoms with E-state index in [1.807, 2.05) is 42.5 Å². The monoisotopic (exact) mass is 285 g/mol. The molecule has 0 spiro atoms.